The SMILES string of the molecule is CC(=O)N1CCN(S(=O)(=O)c2ccccc2OC(F)F)CC1. The number of carbonyl (C=O) groups is 1. The Morgan fingerprint density at radius 3 is 2.32 bits per heavy atom. The van der Waals surface area contributed by atoms with Gasteiger partial charge in [0.05, 0.1) is 0 Å². The quantitative estimate of drug-likeness (QED) is 0.828. The monoisotopic (exact) mass is 334 g/mol. The van der Waals surface area contributed by atoms with Gasteiger partial charge >= 0.3 is 6.61 Å². The molecule has 9 heteroatoms. The van der Waals surface area contributed by atoms with Crippen molar-refractivity contribution in [2.75, 3.05) is 26.2 Å². The van der Waals surface area contributed by atoms with Crippen LogP contribution in [0.5, 0.6) is 5.75 Å². The summed E-state index contributed by atoms with van der Waals surface area (Å²) in [7, 11) is -3.95. The van der Waals surface area contributed by atoms with Crippen molar-refractivity contribution in [1.29, 1.82) is 0 Å². The van der Waals surface area contributed by atoms with Crippen molar-refractivity contribution >= 4 is 15.9 Å². The van der Waals surface area contributed by atoms with Crippen molar-refractivity contribution in [2.45, 2.75) is 18.4 Å². The number of sulfonamides is 1. The van der Waals surface area contributed by atoms with Crippen LogP contribution in [0.3, 0.4) is 0 Å². The Hall–Kier alpha value is -1.74. The topological polar surface area (TPSA) is 66.9 Å². The van der Waals surface area contributed by atoms with Crippen molar-refractivity contribution in [3.63, 3.8) is 0 Å². The molecule has 1 aromatic carbocycles. The molecule has 22 heavy (non-hydrogen) atoms. The number of para-hydroxylation sites is 1. The minimum atomic E-state index is -3.95. The molecular formula is C13H16F2N2O4S. The zero-order valence-electron chi connectivity index (χ0n) is 11.9. The fraction of sp³-hybridized carbons (Fsp3) is 0.462. The average Bonchev–Trinajstić information content (AvgIpc) is 2.47. The molecule has 2 rings (SSSR count). The van der Waals surface area contributed by atoms with E-state index in [4.69, 9.17) is 0 Å². The van der Waals surface area contributed by atoms with E-state index in [1.165, 1.54) is 40.4 Å². The van der Waals surface area contributed by atoms with Crippen LogP contribution in [0.25, 0.3) is 0 Å². The van der Waals surface area contributed by atoms with Crippen molar-refractivity contribution in [3.8, 4) is 5.75 Å². The van der Waals surface area contributed by atoms with E-state index in [2.05, 4.69) is 4.74 Å². The molecule has 1 amide bonds. The highest BCUT2D eigenvalue weighted by Gasteiger charge is 2.31. The molecule has 0 radical (unpaired) electrons. The molecule has 6 nitrogen and oxygen atoms in total. The molecular weight excluding hydrogens is 318 g/mol. The van der Waals surface area contributed by atoms with E-state index in [0.29, 0.717) is 0 Å². The molecule has 0 atom stereocenters. The van der Waals surface area contributed by atoms with Gasteiger partial charge in [-0.1, -0.05) is 12.1 Å². The van der Waals surface area contributed by atoms with Gasteiger partial charge in [0, 0.05) is 33.1 Å². The zero-order valence-corrected chi connectivity index (χ0v) is 12.7. The molecule has 0 unspecified atom stereocenters. The second-order valence-corrected chi connectivity index (χ2v) is 6.64. The van der Waals surface area contributed by atoms with Crippen LogP contribution in [-0.2, 0) is 14.8 Å². The molecule has 0 aromatic heterocycles. The van der Waals surface area contributed by atoms with Crippen LogP contribution >= 0.6 is 0 Å². The number of amides is 1. The highest BCUT2D eigenvalue weighted by Crippen LogP contribution is 2.28. The van der Waals surface area contributed by atoms with Crippen LogP contribution in [0.15, 0.2) is 29.2 Å². The van der Waals surface area contributed by atoms with Gasteiger partial charge in [0.2, 0.25) is 15.9 Å². The summed E-state index contributed by atoms with van der Waals surface area (Å²) in [5, 5.41) is 0. The largest absolute Gasteiger partial charge is 0.433 e. The number of alkyl halides is 2. The van der Waals surface area contributed by atoms with Gasteiger partial charge in [-0.15, -0.1) is 0 Å². The first-order valence-electron chi connectivity index (χ1n) is 6.62. The lowest BCUT2D eigenvalue weighted by molar-refractivity contribution is -0.129. The van der Waals surface area contributed by atoms with Crippen molar-refractivity contribution in [2.24, 2.45) is 0 Å². The lowest BCUT2D eigenvalue weighted by atomic mass is 10.3. The molecule has 122 valence electrons. The summed E-state index contributed by atoms with van der Waals surface area (Å²) in [6.07, 6.45) is 0. The van der Waals surface area contributed by atoms with Crippen LogP contribution in [0.2, 0.25) is 0 Å². The van der Waals surface area contributed by atoms with Crippen LogP contribution in [0, 0.1) is 0 Å². The van der Waals surface area contributed by atoms with Gasteiger partial charge in [-0.3, -0.25) is 4.79 Å². The summed E-state index contributed by atoms with van der Waals surface area (Å²) in [6, 6.07) is 5.27. The third kappa shape index (κ3) is 3.53. The Morgan fingerprint density at radius 2 is 1.77 bits per heavy atom. The molecule has 0 bridgehead atoms. The first kappa shape index (κ1) is 16.6. The predicted molar refractivity (Wildman–Crippen MR) is 74.1 cm³/mol. The van der Waals surface area contributed by atoms with Gasteiger partial charge in [-0.05, 0) is 12.1 Å². The lowest BCUT2D eigenvalue weighted by Crippen LogP contribution is -2.49. The maximum Gasteiger partial charge on any atom is 0.387 e. The van der Waals surface area contributed by atoms with Crippen molar-refractivity contribution in [3.05, 3.63) is 24.3 Å². The summed E-state index contributed by atoms with van der Waals surface area (Å²) >= 11 is 0. The minimum absolute atomic E-state index is 0.116. The van der Waals surface area contributed by atoms with Gasteiger partial charge in [0.15, 0.2) is 0 Å². The summed E-state index contributed by atoms with van der Waals surface area (Å²) in [5.74, 6) is -0.509. The zero-order chi connectivity index (χ0) is 16.3. The molecule has 1 aromatic rings. The summed E-state index contributed by atoms with van der Waals surface area (Å²) in [5.41, 5.74) is 0. The number of hydrogen-bond acceptors (Lipinski definition) is 4. The highest BCUT2D eigenvalue weighted by atomic mass is 32.2. The van der Waals surface area contributed by atoms with Crippen molar-refractivity contribution in [1.82, 2.24) is 9.21 Å². The average molecular weight is 334 g/mol. The standard InChI is InChI=1S/C13H16F2N2O4S/c1-10(18)16-6-8-17(9-7-16)22(19,20)12-5-3-2-4-11(12)21-13(14)15/h2-5,13H,6-9H2,1H3. The number of rotatable bonds is 4. The molecule has 1 fully saturated rings. The molecule has 0 N–H and O–H groups in total. The van der Waals surface area contributed by atoms with Crippen molar-refractivity contribution < 1.29 is 26.7 Å². The summed E-state index contributed by atoms with van der Waals surface area (Å²) in [4.78, 5) is 12.5. The van der Waals surface area contributed by atoms with Gasteiger partial charge < -0.3 is 9.64 Å². The third-order valence-corrected chi connectivity index (χ3v) is 5.31. The molecule has 0 aliphatic carbocycles. The molecule has 0 saturated carbocycles. The Labute approximate surface area is 127 Å². The molecule has 1 aliphatic heterocycles. The van der Waals surface area contributed by atoms with Gasteiger partial charge in [0.1, 0.15) is 10.6 Å². The van der Waals surface area contributed by atoms with Gasteiger partial charge in [-0.25, -0.2) is 8.42 Å². The predicted octanol–water partition coefficient (Wildman–Crippen LogP) is 1.14. The smallest absolute Gasteiger partial charge is 0.387 e. The van der Waals surface area contributed by atoms with Gasteiger partial charge in [0.25, 0.3) is 0 Å². The lowest BCUT2D eigenvalue weighted by Gasteiger charge is -2.33. The normalized spacial score (nSPS) is 16.8. The van der Waals surface area contributed by atoms with E-state index in [1.54, 1.807) is 0 Å². The Kier molecular flexibility index (Phi) is 4.97. The van der Waals surface area contributed by atoms with Crippen LogP contribution in [0.1, 0.15) is 6.92 Å². The number of nitrogens with zero attached hydrogens (tertiary/aromatic N) is 2. The number of hydrogen-bond donors (Lipinski definition) is 0. The number of carbonyl (C=O) groups excluding carboxylic acids is 1. The second kappa shape index (κ2) is 6.57. The Morgan fingerprint density at radius 1 is 1.18 bits per heavy atom. The highest BCUT2D eigenvalue weighted by molar-refractivity contribution is 7.89. The molecule has 0 spiro atoms. The number of benzene rings is 1. The van der Waals surface area contributed by atoms with Gasteiger partial charge in [-0.2, -0.15) is 13.1 Å². The first-order chi connectivity index (χ1) is 10.3. The Balaban J connectivity index is 2.23. The minimum Gasteiger partial charge on any atom is -0.433 e. The van der Waals surface area contributed by atoms with E-state index in [-0.39, 0.29) is 42.7 Å². The van der Waals surface area contributed by atoms with E-state index >= 15 is 0 Å². The summed E-state index contributed by atoms with van der Waals surface area (Å²) in [6.45, 7) is -0.920. The maximum atomic E-state index is 12.6. The molecule has 1 aliphatic rings. The number of piperazine rings is 1. The van der Waals surface area contributed by atoms with E-state index in [0.717, 1.165) is 0 Å². The van der Waals surface area contributed by atoms with E-state index in [1.807, 2.05) is 0 Å². The summed E-state index contributed by atoms with van der Waals surface area (Å²) < 4.78 is 55.4. The third-order valence-electron chi connectivity index (χ3n) is 3.37. The Bertz CT molecular complexity index is 643. The van der Waals surface area contributed by atoms with Crippen LogP contribution in [0.4, 0.5) is 8.78 Å². The molecule has 1 saturated heterocycles. The van der Waals surface area contributed by atoms with E-state index in [9.17, 15) is 22.0 Å². The number of halogens is 2. The van der Waals surface area contributed by atoms with Crippen LogP contribution < -0.4 is 4.74 Å². The number of ether oxygens (including phenoxy) is 1. The second-order valence-electron chi connectivity index (χ2n) is 4.74. The van der Waals surface area contributed by atoms with Crippen LogP contribution in [-0.4, -0.2) is 56.3 Å². The fourth-order valence-corrected chi connectivity index (χ4v) is 3.78. The maximum absolute atomic E-state index is 12.6. The first-order valence-corrected chi connectivity index (χ1v) is 8.06. The fourth-order valence-electron chi connectivity index (χ4n) is 2.24. The van der Waals surface area contributed by atoms with E-state index < -0.39 is 16.6 Å². The molecule has 1 heterocycles.